The van der Waals surface area contributed by atoms with E-state index in [0.29, 0.717) is 23.2 Å². The fourth-order valence-electron chi connectivity index (χ4n) is 6.40. The number of amides is 5. The van der Waals surface area contributed by atoms with Gasteiger partial charge in [-0.3, -0.25) is 29.0 Å². The third kappa shape index (κ3) is 16.0. The zero-order valence-electron chi connectivity index (χ0n) is 31.6. The Morgan fingerprint density at radius 2 is 1.22 bits per heavy atom. The molecule has 1 saturated carbocycles. The van der Waals surface area contributed by atoms with E-state index in [2.05, 4.69) is 31.3 Å². The summed E-state index contributed by atoms with van der Waals surface area (Å²) in [5.74, 6) is -3.63. The van der Waals surface area contributed by atoms with E-state index in [-0.39, 0.29) is 68.3 Å². The Labute approximate surface area is 321 Å². The fourth-order valence-corrected chi connectivity index (χ4v) is 6.40. The van der Waals surface area contributed by atoms with E-state index >= 15 is 0 Å². The molecule has 5 amide bonds. The predicted octanol–water partition coefficient (Wildman–Crippen LogP) is 0.620. The van der Waals surface area contributed by atoms with Crippen molar-refractivity contribution < 1.29 is 28.4 Å². The number of carbonyl (C=O) groups excluding carboxylic acids is 5. The number of aliphatic imine (C=N–C) groups is 2. The topological polar surface area (TPSA) is 288 Å². The molecule has 1 aliphatic rings. The molecule has 0 spiro atoms. The third-order valence-corrected chi connectivity index (χ3v) is 9.17. The summed E-state index contributed by atoms with van der Waals surface area (Å²) < 4.78 is 13.7. The van der Waals surface area contributed by atoms with Crippen molar-refractivity contribution in [1.29, 1.82) is 0 Å². The average molecular weight is 766 g/mol. The highest BCUT2D eigenvalue weighted by molar-refractivity contribution is 5.95. The molecule has 1 fully saturated rings. The van der Waals surface area contributed by atoms with Crippen LogP contribution < -0.4 is 49.9 Å². The normalized spacial score (nSPS) is 14.8. The van der Waals surface area contributed by atoms with E-state index in [9.17, 15) is 28.4 Å². The molecule has 0 heterocycles. The van der Waals surface area contributed by atoms with Gasteiger partial charge in [0, 0.05) is 25.8 Å². The van der Waals surface area contributed by atoms with Crippen molar-refractivity contribution in [3.05, 3.63) is 65.5 Å². The average Bonchev–Trinajstić information content (AvgIpc) is 3.62. The summed E-state index contributed by atoms with van der Waals surface area (Å²) in [5.41, 5.74) is 29.0. The molecule has 3 rings (SSSR count). The lowest BCUT2D eigenvalue weighted by Crippen LogP contribution is -2.59. The van der Waals surface area contributed by atoms with E-state index in [1.54, 1.807) is 24.3 Å². The van der Waals surface area contributed by atoms with Crippen LogP contribution in [0.5, 0.6) is 0 Å². The molecular weight excluding hydrogens is 709 g/mol. The van der Waals surface area contributed by atoms with Crippen LogP contribution in [0.3, 0.4) is 0 Å². The number of hydrogen-bond donors (Lipinski definition) is 9. The molecule has 0 saturated heterocycles. The van der Waals surface area contributed by atoms with Crippen molar-refractivity contribution in [2.45, 2.75) is 102 Å². The Kier molecular flexibility index (Phi) is 17.3. The number of rotatable bonds is 21. The van der Waals surface area contributed by atoms with E-state index < -0.39 is 53.6 Å². The van der Waals surface area contributed by atoms with Gasteiger partial charge in [0.1, 0.15) is 30.0 Å². The number of nitrogens with two attached hydrogens (primary N) is 5. The molecule has 55 heavy (non-hydrogen) atoms. The van der Waals surface area contributed by atoms with E-state index in [1.807, 2.05) is 13.8 Å². The van der Waals surface area contributed by atoms with Crippen LogP contribution in [0, 0.1) is 17.7 Å². The van der Waals surface area contributed by atoms with Crippen molar-refractivity contribution in [1.82, 2.24) is 21.3 Å². The first-order valence-corrected chi connectivity index (χ1v) is 18.6. The van der Waals surface area contributed by atoms with Gasteiger partial charge < -0.3 is 49.9 Å². The number of nitrogens with one attached hydrogen (secondary N) is 4. The second kappa shape index (κ2) is 21.8. The van der Waals surface area contributed by atoms with Gasteiger partial charge in [-0.15, -0.1) is 0 Å². The summed E-state index contributed by atoms with van der Waals surface area (Å²) in [6, 6.07) is 7.70. The monoisotopic (exact) mass is 765 g/mol. The molecule has 0 unspecified atom stereocenters. The van der Waals surface area contributed by atoms with Crippen LogP contribution in [0.25, 0.3) is 0 Å². The van der Waals surface area contributed by atoms with Gasteiger partial charge in [0.15, 0.2) is 11.9 Å². The summed E-state index contributed by atoms with van der Waals surface area (Å²) >= 11 is 0. The van der Waals surface area contributed by atoms with Crippen molar-refractivity contribution >= 4 is 47.1 Å². The maximum Gasteiger partial charge on any atom is 0.243 e. The first-order chi connectivity index (χ1) is 26.1. The Morgan fingerprint density at radius 1 is 0.709 bits per heavy atom. The number of halogens is 1. The molecule has 16 nitrogen and oxygen atoms in total. The summed E-state index contributed by atoms with van der Waals surface area (Å²) in [7, 11) is 0. The van der Waals surface area contributed by atoms with Crippen molar-refractivity contribution in [2.75, 3.05) is 6.54 Å². The molecule has 300 valence electrons. The van der Waals surface area contributed by atoms with Crippen molar-refractivity contribution in [3.63, 3.8) is 0 Å². The van der Waals surface area contributed by atoms with E-state index in [0.717, 1.165) is 25.7 Å². The SMILES string of the molecule is CC(C)C[C@H](NC(=O)[C@H](Cc1ccc(N=C(N)N)cc1)NC(=O)[C@H](Cc1ccc(F)cc1)NC(=O)CC1CCCC1)C(=O)N[C@@H](CCCN=C(N)N)C(N)=O. The van der Waals surface area contributed by atoms with Crippen LogP contribution in [0.1, 0.15) is 76.3 Å². The van der Waals surface area contributed by atoms with Crippen molar-refractivity contribution in [2.24, 2.45) is 50.5 Å². The molecule has 17 heteroatoms. The molecule has 1 aliphatic carbocycles. The van der Waals surface area contributed by atoms with Gasteiger partial charge in [0.05, 0.1) is 5.69 Å². The first-order valence-electron chi connectivity index (χ1n) is 18.6. The predicted molar refractivity (Wildman–Crippen MR) is 209 cm³/mol. The number of primary amides is 1. The van der Waals surface area contributed by atoms with E-state index in [1.165, 1.54) is 24.3 Å². The molecule has 2 aromatic carbocycles. The Bertz CT molecular complexity index is 1650. The minimum absolute atomic E-state index is 0.0241. The maximum atomic E-state index is 14.1. The van der Waals surface area contributed by atoms with Gasteiger partial charge in [0.2, 0.25) is 29.5 Å². The summed E-state index contributed by atoms with van der Waals surface area (Å²) in [4.78, 5) is 75.1. The van der Waals surface area contributed by atoms with Gasteiger partial charge in [-0.05, 0) is 79.3 Å². The van der Waals surface area contributed by atoms with E-state index in [4.69, 9.17) is 28.7 Å². The fraction of sp³-hybridized carbons (Fsp3) is 0.500. The smallest absolute Gasteiger partial charge is 0.243 e. The Hall–Kier alpha value is -5.74. The minimum Gasteiger partial charge on any atom is -0.370 e. The lowest BCUT2D eigenvalue weighted by Gasteiger charge is -2.27. The number of benzene rings is 2. The zero-order valence-corrected chi connectivity index (χ0v) is 31.6. The summed E-state index contributed by atoms with van der Waals surface area (Å²) in [6.07, 6.45) is 4.88. The summed E-state index contributed by atoms with van der Waals surface area (Å²) in [5, 5.41) is 11.0. The van der Waals surface area contributed by atoms with Gasteiger partial charge in [-0.2, -0.15) is 0 Å². The van der Waals surface area contributed by atoms with Gasteiger partial charge >= 0.3 is 0 Å². The second-order valence-electron chi connectivity index (χ2n) is 14.4. The van der Waals surface area contributed by atoms with Crippen LogP contribution in [0.4, 0.5) is 10.1 Å². The quantitative estimate of drug-likeness (QED) is 0.0488. The third-order valence-electron chi connectivity index (χ3n) is 9.17. The van der Waals surface area contributed by atoms with Gasteiger partial charge in [-0.1, -0.05) is 51.0 Å². The highest BCUT2D eigenvalue weighted by Crippen LogP contribution is 2.27. The van der Waals surface area contributed by atoms with Crippen LogP contribution >= 0.6 is 0 Å². The molecule has 2 aromatic rings. The lowest BCUT2D eigenvalue weighted by atomic mass is 9.99. The highest BCUT2D eigenvalue weighted by Gasteiger charge is 2.32. The lowest BCUT2D eigenvalue weighted by molar-refractivity contribution is -0.134. The molecule has 0 bridgehead atoms. The molecule has 0 aliphatic heterocycles. The molecular formula is C38H56FN11O5. The zero-order chi connectivity index (χ0) is 40.5. The standard InChI is InChI=1S/C38H56FN11O5/c1-22(2)18-29(34(53)48-28(33(40)52)8-5-17-45-37(41)42)49-36(55)31(20-25-11-15-27(16-12-25)46-38(43)44)50-35(54)30(19-24-9-13-26(39)14-10-24)47-32(51)21-23-6-3-4-7-23/h9-16,22-23,28-31H,3-8,17-21H2,1-2H3,(H2,40,52)(H,47,51)(H,48,53)(H,49,55)(H,50,54)(H4,41,42,45)(H4,43,44,46)/t28-,29-,30-,31-/m0/s1. The Balaban J connectivity index is 1.89. The second-order valence-corrected chi connectivity index (χ2v) is 14.4. The largest absolute Gasteiger partial charge is 0.370 e. The highest BCUT2D eigenvalue weighted by atomic mass is 19.1. The summed E-state index contributed by atoms with van der Waals surface area (Å²) in [6.45, 7) is 3.93. The van der Waals surface area contributed by atoms with Gasteiger partial charge in [-0.25, -0.2) is 9.38 Å². The number of nitrogens with zero attached hydrogens (tertiary/aromatic N) is 2. The maximum absolute atomic E-state index is 14.1. The molecule has 0 radical (unpaired) electrons. The molecule has 0 aromatic heterocycles. The number of carbonyl (C=O) groups is 5. The molecule has 4 atom stereocenters. The minimum atomic E-state index is -1.24. The first kappa shape index (κ1) is 43.7. The van der Waals surface area contributed by atoms with Crippen LogP contribution in [-0.2, 0) is 36.8 Å². The molecule has 14 N–H and O–H groups in total. The van der Waals surface area contributed by atoms with Crippen LogP contribution in [0.15, 0.2) is 58.5 Å². The number of hydrogen-bond acceptors (Lipinski definition) is 7. The van der Waals surface area contributed by atoms with Crippen LogP contribution in [0.2, 0.25) is 0 Å². The van der Waals surface area contributed by atoms with Gasteiger partial charge in [0.25, 0.3) is 0 Å². The number of guanidine groups is 2. The van der Waals surface area contributed by atoms with Crippen molar-refractivity contribution in [3.8, 4) is 0 Å². The Morgan fingerprint density at radius 3 is 1.75 bits per heavy atom. The van der Waals surface area contributed by atoms with Crippen LogP contribution in [-0.4, -0.2) is 72.2 Å².